The molecule has 0 aliphatic carbocycles. The summed E-state index contributed by atoms with van der Waals surface area (Å²) in [5.41, 5.74) is 2.65. The predicted octanol–water partition coefficient (Wildman–Crippen LogP) is 5.70. The molecule has 0 aromatic heterocycles. The summed E-state index contributed by atoms with van der Waals surface area (Å²) in [7, 11) is 0. The quantitative estimate of drug-likeness (QED) is 0.472. The smallest absolute Gasteiger partial charge is 0.406 e. The standard InChI is InChI=1S/C26H21ClF3N3O2/c27-20-9-5-17(6-10-20)24(23-4-2-1-3-19(23)15-31)33-14-13-21(16-33)32-25(34)18-7-11-22(12-8-18)35-26(28,29)30/h1-12,21,24H,13-14,16H2,(H,32,34)/t21-,24?/m1/s1. The lowest BCUT2D eigenvalue weighted by atomic mass is 9.93. The molecule has 1 aliphatic rings. The Morgan fingerprint density at radius 3 is 2.43 bits per heavy atom. The largest absolute Gasteiger partial charge is 0.573 e. The first-order chi connectivity index (χ1) is 16.7. The van der Waals surface area contributed by atoms with E-state index in [0.29, 0.717) is 30.1 Å². The molecule has 9 heteroatoms. The Labute approximate surface area is 205 Å². The van der Waals surface area contributed by atoms with Crippen LogP contribution in [0.4, 0.5) is 13.2 Å². The number of hydrogen-bond donors (Lipinski definition) is 1. The number of benzene rings is 3. The van der Waals surface area contributed by atoms with Gasteiger partial charge < -0.3 is 10.1 Å². The summed E-state index contributed by atoms with van der Waals surface area (Å²) < 4.78 is 40.9. The number of alkyl halides is 3. The third kappa shape index (κ3) is 6.13. The van der Waals surface area contributed by atoms with E-state index in [4.69, 9.17) is 11.6 Å². The van der Waals surface area contributed by atoms with Crippen LogP contribution in [0.3, 0.4) is 0 Å². The lowest BCUT2D eigenvalue weighted by Gasteiger charge is -2.29. The Balaban J connectivity index is 1.49. The minimum atomic E-state index is -4.79. The number of nitrogens with zero attached hydrogens (tertiary/aromatic N) is 2. The normalized spacial score (nSPS) is 16.9. The van der Waals surface area contributed by atoms with Crippen molar-refractivity contribution in [3.8, 4) is 11.8 Å². The molecule has 0 bridgehead atoms. The van der Waals surface area contributed by atoms with E-state index in [-0.39, 0.29) is 29.3 Å². The second kappa shape index (κ2) is 10.4. The predicted molar refractivity (Wildman–Crippen MR) is 125 cm³/mol. The van der Waals surface area contributed by atoms with Crippen LogP contribution in [0, 0.1) is 11.3 Å². The van der Waals surface area contributed by atoms with Crippen molar-refractivity contribution in [2.24, 2.45) is 0 Å². The first-order valence-corrected chi connectivity index (χ1v) is 11.3. The summed E-state index contributed by atoms with van der Waals surface area (Å²) in [6, 6.07) is 21.6. The van der Waals surface area contributed by atoms with Gasteiger partial charge in [-0.3, -0.25) is 9.69 Å². The molecule has 1 fully saturated rings. The molecule has 1 amide bonds. The van der Waals surface area contributed by atoms with Gasteiger partial charge in [0.1, 0.15) is 5.75 Å². The monoisotopic (exact) mass is 499 g/mol. The molecule has 0 spiro atoms. The molecule has 35 heavy (non-hydrogen) atoms. The van der Waals surface area contributed by atoms with Gasteiger partial charge in [0.15, 0.2) is 0 Å². The van der Waals surface area contributed by atoms with E-state index >= 15 is 0 Å². The number of nitriles is 1. The lowest BCUT2D eigenvalue weighted by molar-refractivity contribution is -0.274. The summed E-state index contributed by atoms with van der Waals surface area (Å²) >= 11 is 6.08. The molecule has 0 saturated carbocycles. The molecule has 3 aromatic rings. The molecule has 1 aliphatic heterocycles. The van der Waals surface area contributed by atoms with Crippen molar-refractivity contribution in [2.75, 3.05) is 13.1 Å². The van der Waals surface area contributed by atoms with Crippen LogP contribution >= 0.6 is 11.6 Å². The average Bonchev–Trinajstić information content (AvgIpc) is 3.28. The molecule has 1 unspecified atom stereocenters. The number of ether oxygens (including phenoxy) is 1. The van der Waals surface area contributed by atoms with E-state index in [1.807, 2.05) is 30.3 Å². The fraction of sp³-hybridized carbons (Fsp3) is 0.231. The molecule has 5 nitrogen and oxygen atoms in total. The van der Waals surface area contributed by atoms with Gasteiger partial charge >= 0.3 is 6.36 Å². The van der Waals surface area contributed by atoms with Gasteiger partial charge in [-0.15, -0.1) is 13.2 Å². The molecular weight excluding hydrogens is 479 g/mol. The highest BCUT2D eigenvalue weighted by Gasteiger charge is 2.33. The minimum absolute atomic E-state index is 0.169. The molecule has 1 N–H and O–H groups in total. The van der Waals surface area contributed by atoms with Crippen LogP contribution in [0.25, 0.3) is 0 Å². The first-order valence-electron chi connectivity index (χ1n) is 10.9. The van der Waals surface area contributed by atoms with Crippen LogP contribution < -0.4 is 10.1 Å². The van der Waals surface area contributed by atoms with Crippen LogP contribution in [0.2, 0.25) is 5.02 Å². The maximum absolute atomic E-state index is 12.7. The number of halogens is 4. The molecule has 3 aromatic carbocycles. The lowest BCUT2D eigenvalue weighted by Crippen LogP contribution is -2.38. The van der Waals surface area contributed by atoms with Crippen LogP contribution in [0.1, 0.15) is 39.5 Å². The highest BCUT2D eigenvalue weighted by atomic mass is 35.5. The van der Waals surface area contributed by atoms with Gasteiger partial charge in [0, 0.05) is 29.7 Å². The Hall–Kier alpha value is -3.54. The van der Waals surface area contributed by atoms with Crippen LogP contribution in [-0.4, -0.2) is 36.3 Å². The van der Waals surface area contributed by atoms with E-state index in [2.05, 4.69) is 21.0 Å². The maximum atomic E-state index is 12.7. The average molecular weight is 500 g/mol. The van der Waals surface area contributed by atoms with Crippen molar-refractivity contribution < 1.29 is 22.7 Å². The highest BCUT2D eigenvalue weighted by Crippen LogP contribution is 2.34. The Morgan fingerprint density at radius 1 is 1.09 bits per heavy atom. The van der Waals surface area contributed by atoms with Crippen molar-refractivity contribution in [1.82, 2.24) is 10.2 Å². The molecule has 180 valence electrons. The van der Waals surface area contributed by atoms with E-state index in [0.717, 1.165) is 23.3 Å². The second-order valence-corrected chi connectivity index (χ2v) is 8.62. The second-order valence-electron chi connectivity index (χ2n) is 8.18. The van der Waals surface area contributed by atoms with Gasteiger partial charge in [-0.25, -0.2) is 0 Å². The first kappa shape index (κ1) is 24.6. The molecule has 2 atom stereocenters. The van der Waals surface area contributed by atoms with Gasteiger partial charge in [-0.05, 0) is 60.0 Å². The summed E-state index contributed by atoms with van der Waals surface area (Å²) in [5.74, 6) is -0.765. The Morgan fingerprint density at radius 2 is 1.77 bits per heavy atom. The maximum Gasteiger partial charge on any atom is 0.573 e. The number of amides is 1. The topological polar surface area (TPSA) is 65.4 Å². The van der Waals surface area contributed by atoms with Gasteiger partial charge in [-0.1, -0.05) is 41.9 Å². The third-order valence-corrected chi connectivity index (χ3v) is 6.08. The number of carbonyl (C=O) groups excluding carboxylic acids is 1. The summed E-state index contributed by atoms with van der Waals surface area (Å²) in [6.45, 7) is 1.21. The molecule has 0 radical (unpaired) electrons. The van der Waals surface area contributed by atoms with E-state index in [9.17, 15) is 23.2 Å². The van der Waals surface area contributed by atoms with Crippen molar-refractivity contribution in [3.63, 3.8) is 0 Å². The number of hydrogen-bond acceptors (Lipinski definition) is 4. The van der Waals surface area contributed by atoms with Crippen LogP contribution in [0.5, 0.6) is 5.75 Å². The Bertz CT molecular complexity index is 1220. The number of rotatable bonds is 6. The zero-order valence-corrected chi connectivity index (χ0v) is 19.2. The SMILES string of the molecule is N#Cc1ccccc1C(c1ccc(Cl)cc1)N1CC[C@@H](NC(=O)c2ccc(OC(F)(F)F)cc2)C1. The highest BCUT2D eigenvalue weighted by molar-refractivity contribution is 6.30. The Kier molecular flexibility index (Phi) is 7.29. The van der Waals surface area contributed by atoms with Crippen molar-refractivity contribution in [2.45, 2.75) is 24.9 Å². The third-order valence-electron chi connectivity index (χ3n) is 5.83. The molecule has 4 rings (SSSR count). The van der Waals surface area contributed by atoms with Gasteiger partial charge in [0.2, 0.25) is 0 Å². The summed E-state index contributed by atoms with van der Waals surface area (Å²) in [6.07, 6.45) is -4.11. The van der Waals surface area contributed by atoms with Gasteiger partial charge in [0.05, 0.1) is 17.7 Å². The van der Waals surface area contributed by atoms with Crippen molar-refractivity contribution in [1.29, 1.82) is 5.26 Å². The minimum Gasteiger partial charge on any atom is -0.406 e. The van der Waals surface area contributed by atoms with Crippen molar-refractivity contribution in [3.05, 3.63) is 100 Å². The van der Waals surface area contributed by atoms with Crippen LogP contribution in [-0.2, 0) is 0 Å². The molecule has 1 heterocycles. The van der Waals surface area contributed by atoms with Gasteiger partial charge in [0.25, 0.3) is 5.91 Å². The number of carbonyl (C=O) groups is 1. The van der Waals surface area contributed by atoms with Crippen LogP contribution in [0.15, 0.2) is 72.8 Å². The molecule has 1 saturated heterocycles. The van der Waals surface area contributed by atoms with E-state index < -0.39 is 6.36 Å². The fourth-order valence-electron chi connectivity index (χ4n) is 4.29. The zero-order chi connectivity index (χ0) is 25.0. The fourth-order valence-corrected chi connectivity index (χ4v) is 4.41. The van der Waals surface area contributed by atoms with Gasteiger partial charge in [-0.2, -0.15) is 5.26 Å². The van der Waals surface area contributed by atoms with E-state index in [1.165, 1.54) is 12.1 Å². The molecular formula is C26H21ClF3N3O2. The number of nitrogens with one attached hydrogen (secondary N) is 1. The zero-order valence-electron chi connectivity index (χ0n) is 18.4. The van der Waals surface area contributed by atoms with E-state index in [1.54, 1.807) is 18.2 Å². The summed E-state index contributed by atoms with van der Waals surface area (Å²) in [5, 5.41) is 13.2. The number of likely N-dealkylation sites (tertiary alicyclic amines) is 1. The van der Waals surface area contributed by atoms with Crippen molar-refractivity contribution >= 4 is 17.5 Å². The summed E-state index contributed by atoms with van der Waals surface area (Å²) in [4.78, 5) is 14.9.